The van der Waals surface area contributed by atoms with Gasteiger partial charge >= 0.3 is 0 Å². The lowest BCUT2D eigenvalue weighted by molar-refractivity contribution is -0.119. The van der Waals surface area contributed by atoms with Crippen LogP contribution in [0.15, 0.2) is 101 Å². The summed E-state index contributed by atoms with van der Waals surface area (Å²) in [5, 5.41) is 4.24. The van der Waals surface area contributed by atoms with Gasteiger partial charge < -0.3 is 10.1 Å². The number of carbonyl (C=O) groups excluding carboxylic acids is 3. The van der Waals surface area contributed by atoms with Crippen LogP contribution in [-0.4, -0.2) is 35.8 Å². The van der Waals surface area contributed by atoms with Crippen LogP contribution in [0.3, 0.4) is 0 Å². The van der Waals surface area contributed by atoms with E-state index in [0.29, 0.717) is 46.9 Å². The predicted molar refractivity (Wildman–Crippen MR) is 201 cm³/mol. The molecule has 4 rings (SSSR count). The largest absolute Gasteiger partial charge is 0.497 e. The molecule has 0 spiro atoms. The lowest BCUT2D eigenvalue weighted by atomic mass is 9.72. The average molecular weight is 681 g/mol. The Bertz CT molecular complexity index is 1870. The highest BCUT2D eigenvalue weighted by Gasteiger charge is 2.26. The number of halogens is 1. The first-order valence-electron chi connectivity index (χ1n) is 17.0. The van der Waals surface area contributed by atoms with Crippen LogP contribution in [0.4, 0.5) is 0 Å². The molecule has 1 aliphatic carbocycles. The van der Waals surface area contributed by atoms with Crippen molar-refractivity contribution in [2.24, 2.45) is 5.41 Å². The third kappa shape index (κ3) is 9.82. The molecule has 1 aromatic heterocycles. The van der Waals surface area contributed by atoms with Gasteiger partial charge in [0.25, 0.3) is 5.91 Å². The third-order valence-electron chi connectivity index (χ3n) is 9.27. The normalized spacial score (nSPS) is 15.4. The molecule has 0 aliphatic heterocycles. The Morgan fingerprint density at radius 1 is 1.02 bits per heavy atom. The van der Waals surface area contributed by atoms with E-state index in [1.807, 2.05) is 44.2 Å². The van der Waals surface area contributed by atoms with Crippen LogP contribution in [0, 0.1) is 12.3 Å². The SMILES string of the molecule is COc1ccc2c(c1)c(CC(=O)CCCNC(=O)\C=C(C)/C=C/C=C(C)/C=C/C1=C(C)CCCC1(C)C)c(C)n2C(=O)c1ccc(Cl)cc1. The second-order valence-electron chi connectivity index (χ2n) is 13.6. The van der Waals surface area contributed by atoms with Gasteiger partial charge in [0.15, 0.2) is 0 Å². The van der Waals surface area contributed by atoms with E-state index in [-0.39, 0.29) is 29.4 Å². The number of ether oxygens (including phenoxy) is 1. The molecule has 49 heavy (non-hydrogen) atoms. The molecule has 0 bridgehead atoms. The Balaban J connectivity index is 1.31. The first-order chi connectivity index (χ1) is 23.3. The molecule has 1 N–H and O–H groups in total. The van der Waals surface area contributed by atoms with E-state index < -0.39 is 0 Å². The summed E-state index contributed by atoms with van der Waals surface area (Å²) in [5.74, 6) is 0.290. The van der Waals surface area contributed by atoms with Crippen LogP contribution in [-0.2, 0) is 16.0 Å². The lowest BCUT2D eigenvalue weighted by Gasteiger charge is -2.32. The van der Waals surface area contributed by atoms with E-state index in [4.69, 9.17) is 16.3 Å². The average Bonchev–Trinajstić information content (AvgIpc) is 3.32. The summed E-state index contributed by atoms with van der Waals surface area (Å²) in [5.41, 5.74) is 7.83. The van der Waals surface area contributed by atoms with Crippen molar-refractivity contribution in [2.75, 3.05) is 13.7 Å². The van der Waals surface area contributed by atoms with E-state index in [0.717, 1.165) is 22.1 Å². The van der Waals surface area contributed by atoms with Crippen molar-refractivity contribution in [3.63, 3.8) is 0 Å². The number of allylic oxidation sites excluding steroid dienone is 9. The Labute approximate surface area is 296 Å². The van der Waals surface area contributed by atoms with E-state index in [2.05, 4.69) is 45.2 Å². The monoisotopic (exact) mass is 680 g/mol. The van der Waals surface area contributed by atoms with Gasteiger partial charge in [-0.2, -0.15) is 0 Å². The number of Topliss-reactive ketones (excluding diaryl/α,β-unsaturated/α-hetero) is 1. The summed E-state index contributed by atoms with van der Waals surface area (Å²) < 4.78 is 7.09. The molecule has 6 nitrogen and oxygen atoms in total. The molecule has 3 aromatic rings. The fourth-order valence-corrected chi connectivity index (χ4v) is 6.64. The van der Waals surface area contributed by atoms with Crippen LogP contribution in [0.25, 0.3) is 10.9 Å². The number of nitrogens with one attached hydrogen (secondary N) is 1. The minimum Gasteiger partial charge on any atom is -0.497 e. The van der Waals surface area contributed by atoms with Crippen LogP contribution in [0.5, 0.6) is 5.75 Å². The number of ketones is 1. The topological polar surface area (TPSA) is 77.4 Å². The molecule has 0 atom stereocenters. The minimum atomic E-state index is -0.196. The number of carbonyl (C=O) groups is 3. The summed E-state index contributed by atoms with van der Waals surface area (Å²) >= 11 is 6.04. The number of nitrogens with zero attached hydrogens (tertiary/aromatic N) is 1. The molecule has 1 aliphatic rings. The van der Waals surface area contributed by atoms with Crippen molar-refractivity contribution in [3.8, 4) is 5.75 Å². The molecular formula is C42H49ClN2O4. The Hall–Kier alpha value is -4.42. The zero-order chi connectivity index (χ0) is 35.7. The first-order valence-corrected chi connectivity index (χ1v) is 17.4. The summed E-state index contributed by atoms with van der Waals surface area (Å²) in [7, 11) is 1.59. The highest BCUT2D eigenvalue weighted by Crippen LogP contribution is 2.40. The van der Waals surface area contributed by atoms with E-state index in [1.165, 1.54) is 30.4 Å². The maximum Gasteiger partial charge on any atom is 0.262 e. The fourth-order valence-electron chi connectivity index (χ4n) is 6.52. The summed E-state index contributed by atoms with van der Waals surface area (Å²) in [6.45, 7) is 13.1. The van der Waals surface area contributed by atoms with Gasteiger partial charge in [-0.25, -0.2) is 0 Å². The summed E-state index contributed by atoms with van der Waals surface area (Å²) in [6.07, 6.45) is 16.5. The molecule has 7 heteroatoms. The van der Waals surface area contributed by atoms with Crippen LogP contribution < -0.4 is 10.1 Å². The van der Waals surface area contributed by atoms with Crippen LogP contribution >= 0.6 is 11.6 Å². The van der Waals surface area contributed by atoms with Gasteiger partial charge in [0.05, 0.1) is 12.6 Å². The summed E-state index contributed by atoms with van der Waals surface area (Å²) in [6, 6.07) is 12.3. The molecule has 0 unspecified atom stereocenters. The van der Waals surface area contributed by atoms with Crippen molar-refractivity contribution >= 4 is 40.1 Å². The standard InChI is InChI=1S/C42H49ClN2O4/c1-28(15-21-38-30(3)13-9-23-42(38,5)6)11-8-12-29(2)25-40(47)44-24-10-14-34(46)26-36-31(4)45(39-22-20-35(49-7)27-37(36)39)41(48)32-16-18-33(43)19-17-32/h8,11-12,15-22,25,27H,9-10,13-14,23-24,26H2,1-7H3,(H,44,47)/b12-8+,21-15+,28-11+,29-25-. The zero-order valence-corrected chi connectivity index (χ0v) is 30.7. The number of aromatic nitrogens is 1. The Kier molecular flexibility index (Phi) is 12.8. The minimum absolute atomic E-state index is 0.0301. The fraction of sp³-hybridized carbons (Fsp3) is 0.357. The molecule has 0 fully saturated rings. The number of methoxy groups -OCH3 is 1. The smallest absolute Gasteiger partial charge is 0.262 e. The van der Waals surface area contributed by atoms with Gasteiger partial charge in [-0.1, -0.05) is 67.0 Å². The number of hydrogen-bond acceptors (Lipinski definition) is 4. The molecule has 2 aromatic carbocycles. The highest BCUT2D eigenvalue weighted by molar-refractivity contribution is 6.30. The highest BCUT2D eigenvalue weighted by atomic mass is 35.5. The van der Waals surface area contributed by atoms with Crippen molar-refractivity contribution < 1.29 is 19.1 Å². The van der Waals surface area contributed by atoms with Gasteiger partial charge in [0, 0.05) is 47.1 Å². The van der Waals surface area contributed by atoms with E-state index in [1.54, 1.807) is 48.1 Å². The van der Waals surface area contributed by atoms with Crippen LogP contribution in [0.2, 0.25) is 5.02 Å². The number of fused-ring (bicyclic) bond motifs is 1. The van der Waals surface area contributed by atoms with E-state index >= 15 is 0 Å². The van der Waals surface area contributed by atoms with Crippen molar-refractivity contribution in [1.82, 2.24) is 9.88 Å². The van der Waals surface area contributed by atoms with Gasteiger partial charge in [0.1, 0.15) is 11.5 Å². The van der Waals surface area contributed by atoms with E-state index in [9.17, 15) is 14.4 Å². The first kappa shape index (κ1) is 37.4. The van der Waals surface area contributed by atoms with Gasteiger partial charge in [0.2, 0.25) is 5.91 Å². The number of amides is 1. The van der Waals surface area contributed by atoms with Crippen molar-refractivity contribution in [2.45, 2.75) is 80.1 Å². The van der Waals surface area contributed by atoms with Gasteiger partial charge in [-0.3, -0.25) is 19.0 Å². The molecule has 0 saturated carbocycles. The molecule has 1 heterocycles. The lowest BCUT2D eigenvalue weighted by Crippen LogP contribution is -2.23. The van der Waals surface area contributed by atoms with Crippen molar-refractivity contribution in [1.29, 1.82) is 0 Å². The molecule has 0 radical (unpaired) electrons. The van der Waals surface area contributed by atoms with Crippen LogP contribution in [0.1, 0.15) is 88.3 Å². The quantitative estimate of drug-likeness (QED) is 0.111. The number of rotatable bonds is 13. The second-order valence-corrected chi connectivity index (χ2v) is 14.1. The van der Waals surface area contributed by atoms with Gasteiger partial charge in [-0.05, 0) is 118 Å². The molecular weight excluding hydrogens is 632 g/mol. The number of hydrogen-bond donors (Lipinski definition) is 1. The Morgan fingerprint density at radius 2 is 1.76 bits per heavy atom. The summed E-state index contributed by atoms with van der Waals surface area (Å²) in [4.78, 5) is 39.2. The second kappa shape index (κ2) is 16.8. The maximum atomic E-state index is 13.5. The molecule has 0 saturated heterocycles. The molecule has 1 amide bonds. The van der Waals surface area contributed by atoms with Crippen molar-refractivity contribution in [3.05, 3.63) is 123 Å². The predicted octanol–water partition coefficient (Wildman–Crippen LogP) is 9.84. The zero-order valence-electron chi connectivity index (χ0n) is 29.9. The Morgan fingerprint density at radius 3 is 2.45 bits per heavy atom. The maximum absolute atomic E-state index is 13.5. The molecule has 258 valence electrons. The van der Waals surface area contributed by atoms with Gasteiger partial charge in [-0.15, -0.1) is 0 Å². The number of benzene rings is 2. The third-order valence-corrected chi connectivity index (χ3v) is 9.53.